The lowest BCUT2D eigenvalue weighted by Gasteiger charge is -2.38. The summed E-state index contributed by atoms with van der Waals surface area (Å²) in [4.78, 5) is 38.3. The molecule has 0 radical (unpaired) electrons. The van der Waals surface area contributed by atoms with Crippen LogP contribution in [0, 0.1) is 13.8 Å². The van der Waals surface area contributed by atoms with Gasteiger partial charge in [-0.3, -0.25) is 19.5 Å². The van der Waals surface area contributed by atoms with Crippen LogP contribution in [0.15, 0.2) is 60.8 Å². The molecular weight excluding hydrogens is 640 g/mol. The SMILES string of the molecule is Cc1cc(C(=O)Nc2cccc(-c3cccc(NC(=O)c4ccc(CNCCO)cn4)c3C)c2Cl)nc2c1CCN(C1CCC(O)CC1)C2. The number of fused-ring (bicyclic) bond motifs is 1. The first-order chi connectivity index (χ1) is 23.7. The minimum atomic E-state index is -0.337. The number of hydrogen-bond donors (Lipinski definition) is 5. The molecule has 0 saturated heterocycles. The smallest absolute Gasteiger partial charge is 0.274 e. The van der Waals surface area contributed by atoms with Gasteiger partial charge in [0.25, 0.3) is 11.8 Å². The van der Waals surface area contributed by atoms with Crippen molar-refractivity contribution in [3.63, 3.8) is 0 Å². The minimum Gasteiger partial charge on any atom is -0.395 e. The van der Waals surface area contributed by atoms with Crippen LogP contribution in [0.2, 0.25) is 5.02 Å². The molecule has 2 aromatic heterocycles. The van der Waals surface area contributed by atoms with Crippen LogP contribution in [0.25, 0.3) is 11.1 Å². The third-order valence-electron chi connectivity index (χ3n) is 9.64. The highest BCUT2D eigenvalue weighted by Gasteiger charge is 2.29. The first kappa shape index (κ1) is 34.7. The molecule has 10 nitrogen and oxygen atoms in total. The molecule has 2 aromatic carbocycles. The van der Waals surface area contributed by atoms with Crippen molar-refractivity contribution in [2.24, 2.45) is 0 Å². The van der Waals surface area contributed by atoms with E-state index in [1.54, 1.807) is 18.3 Å². The van der Waals surface area contributed by atoms with Crippen LogP contribution < -0.4 is 16.0 Å². The number of carbonyl (C=O) groups excluding carboxylic acids is 2. The van der Waals surface area contributed by atoms with Gasteiger partial charge in [0.1, 0.15) is 11.4 Å². The fourth-order valence-electron chi connectivity index (χ4n) is 6.86. The highest BCUT2D eigenvalue weighted by molar-refractivity contribution is 6.36. The van der Waals surface area contributed by atoms with Crippen molar-refractivity contribution in [3.8, 4) is 11.1 Å². The molecule has 0 unspecified atom stereocenters. The maximum absolute atomic E-state index is 13.6. The van der Waals surface area contributed by atoms with Crippen LogP contribution >= 0.6 is 11.6 Å². The zero-order chi connectivity index (χ0) is 34.5. The van der Waals surface area contributed by atoms with Crippen molar-refractivity contribution in [2.75, 3.05) is 30.3 Å². The van der Waals surface area contributed by atoms with Gasteiger partial charge in [-0.15, -0.1) is 0 Å². The van der Waals surface area contributed by atoms with Gasteiger partial charge < -0.3 is 26.2 Å². The number of amides is 2. The normalized spacial score (nSPS) is 17.7. The number of aliphatic hydroxyl groups is 2. The van der Waals surface area contributed by atoms with E-state index in [-0.39, 0.29) is 30.2 Å². The molecule has 5 N–H and O–H groups in total. The number of aliphatic hydroxyl groups excluding tert-OH is 2. The van der Waals surface area contributed by atoms with Crippen molar-refractivity contribution in [1.82, 2.24) is 20.2 Å². The predicted octanol–water partition coefficient (Wildman–Crippen LogP) is 5.66. The average Bonchev–Trinajstić information content (AvgIpc) is 3.10. The lowest BCUT2D eigenvalue weighted by atomic mass is 9.90. The molecule has 2 amide bonds. The highest BCUT2D eigenvalue weighted by Crippen LogP contribution is 2.38. The van der Waals surface area contributed by atoms with Crippen LogP contribution in [0.1, 0.15) is 74.6 Å². The van der Waals surface area contributed by atoms with Gasteiger partial charge in [0.05, 0.1) is 29.1 Å². The second-order valence-corrected chi connectivity index (χ2v) is 13.3. The Balaban J connectivity index is 1.16. The predicted molar refractivity (Wildman–Crippen MR) is 192 cm³/mol. The summed E-state index contributed by atoms with van der Waals surface area (Å²) in [5.74, 6) is -0.668. The van der Waals surface area contributed by atoms with E-state index >= 15 is 0 Å². The molecule has 1 saturated carbocycles. The van der Waals surface area contributed by atoms with E-state index in [0.29, 0.717) is 53.3 Å². The number of rotatable bonds is 10. The highest BCUT2D eigenvalue weighted by atomic mass is 35.5. The summed E-state index contributed by atoms with van der Waals surface area (Å²) in [5.41, 5.74) is 8.19. The number of halogens is 1. The van der Waals surface area contributed by atoms with E-state index in [0.717, 1.165) is 66.6 Å². The maximum Gasteiger partial charge on any atom is 0.274 e. The molecule has 4 aromatic rings. The van der Waals surface area contributed by atoms with Gasteiger partial charge in [0.15, 0.2) is 0 Å². The zero-order valence-electron chi connectivity index (χ0n) is 27.9. The van der Waals surface area contributed by atoms with Crippen molar-refractivity contribution in [1.29, 1.82) is 0 Å². The number of aromatic nitrogens is 2. The second kappa shape index (κ2) is 15.6. The third-order valence-corrected chi connectivity index (χ3v) is 10.1. The van der Waals surface area contributed by atoms with Crippen LogP contribution in [0.3, 0.4) is 0 Å². The van der Waals surface area contributed by atoms with E-state index in [9.17, 15) is 14.7 Å². The number of hydrogen-bond acceptors (Lipinski definition) is 8. The Kier molecular flexibility index (Phi) is 11.0. The van der Waals surface area contributed by atoms with E-state index in [1.165, 1.54) is 5.56 Å². The zero-order valence-corrected chi connectivity index (χ0v) is 28.7. The number of nitrogens with zero attached hydrogens (tertiary/aromatic N) is 3. The number of anilines is 2. The summed E-state index contributed by atoms with van der Waals surface area (Å²) in [6.07, 6.45) is 5.97. The molecule has 3 heterocycles. The largest absolute Gasteiger partial charge is 0.395 e. The Morgan fingerprint density at radius 1 is 0.939 bits per heavy atom. The van der Waals surface area contributed by atoms with Gasteiger partial charge >= 0.3 is 0 Å². The molecule has 256 valence electrons. The van der Waals surface area contributed by atoms with Crippen molar-refractivity contribution in [3.05, 3.63) is 105 Å². The standard InChI is InChI=1S/C38H43ClN6O4/c1-23-19-34(42-35-22-45(17-15-28(23)35)26-10-12-27(47)13-11-26)38(49)44-32-8-4-6-30(36(32)39)29-5-3-7-31(24(29)2)43-37(48)33-14-9-25(21-41-33)20-40-16-18-46/h3-9,14,19,21,26-27,40,46-47H,10-13,15-18,20,22H2,1-2H3,(H,43,48)(H,44,49). The first-order valence-electron chi connectivity index (χ1n) is 16.9. The third kappa shape index (κ3) is 8.01. The van der Waals surface area contributed by atoms with Crippen molar-refractivity contribution >= 4 is 34.8 Å². The number of benzene rings is 2. The Bertz CT molecular complexity index is 1820. The van der Waals surface area contributed by atoms with Crippen LogP contribution in [0.5, 0.6) is 0 Å². The summed E-state index contributed by atoms with van der Waals surface area (Å²) >= 11 is 6.95. The van der Waals surface area contributed by atoms with E-state index in [1.807, 2.05) is 56.3 Å². The van der Waals surface area contributed by atoms with Gasteiger partial charge in [0.2, 0.25) is 0 Å². The van der Waals surface area contributed by atoms with Gasteiger partial charge in [0, 0.05) is 49.7 Å². The first-order valence-corrected chi connectivity index (χ1v) is 17.3. The molecule has 1 fully saturated rings. The van der Waals surface area contributed by atoms with Crippen LogP contribution in [-0.2, 0) is 19.5 Å². The van der Waals surface area contributed by atoms with Gasteiger partial charge in [-0.25, -0.2) is 4.98 Å². The fourth-order valence-corrected chi connectivity index (χ4v) is 7.14. The molecule has 0 spiro atoms. The molecule has 0 bridgehead atoms. The molecular formula is C38H43ClN6O4. The van der Waals surface area contributed by atoms with E-state index in [2.05, 4.69) is 25.8 Å². The summed E-state index contributed by atoms with van der Waals surface area (Å²) in [7, 11) is 0. The number of aryl methyl sites for hydroxylation is 1. The number of pyridine rings is 2. The lowest BCUT2D eigenvalue weighted by Crippen LogP contribution is -2.42. The maximum atomic E-state index is 13.6. The van der Waals surface area contributed by atoms with Gasteiger partial charge in [-0.2, -0.15) is 0 Å². The van der Waals surface area contributed by atoms with Crippen LogP contribution in [-0.4, -0.2) is 68.7 Å². The Morgan fingerprint density at radius 3 is 2.39 bits per heavy atom. The van der Waals surface area contributed by atoms with E-state index < -0.39 is 0 Å². The second-order valence-electron chi connectivity index (χ2n) is 12.9. The van der Waals surface area contributed by atoms with Crippen molar-refractivity contribution in [2.45, 2.75) is 71.2 Å². The molecule has 6 rings (SSSR count). The molecule has 49 heavy (non-hydrogen) atoms. The molecule has 1 aliphatic heterocycles. The Morgan fingerprint density at radius 2 is 1.65 bits per heavy atom. The number of nitrogens with one attached hydrogen (secondary N) is 3. The van der Waals surface area contributed by atoms with Gasteiger partial charge in [-0.1, -0.05) is 41.9 Å². The minimum absolute atomic E-state index is 0.0522. The molecule has 1 aliphatic carbocycles. The summed E-state index contributed by atoms with van der Waals surface area (Å²) in [6.45, 7) is 6.69. The van der Waals surface area contributed by atoms with Crippen LogP contribution in [0.4, 0.5) is 11.4 Å². The van der Waals surface area contributed by atoms with Crippen molar-refractivity contribution < 1.29 is 19.8 Å². The average molecular weight is 683 g/mol. The Hall–Kier alpha value is -4.19. The quantitative estimate of drug-likeness (QED) is 0.135. The van der Waals surface area contributed by atoms with Gasteiger partial charge in [-0.05, 0) is 98.0 Å². The summed E-state index contributed by atoms with van der Waals surface area (Å²) in [5, 5.41) is 28.3. The summed E-state index contributed by atoms with van der Waals surface area (Å²) < 4.78 is 0. The number of carbonyl (C=O) groups is 2. The monoisotopic (exact) mass is 682 g/mol. The van der Waals surface area contributed by atoms with E-state index in [4.69, 9.17) is 21.7 Å². The lowest BCUT2D eigenvalue weighted by molar-refractivity contribution is 0.0669. The molecule has 11 heteroatoms. The Labute approximate surface area is 291 Å². The summed E-state index contributed by atoms with van der Waals surface area (Å²) in [6, 6.07) is 16.9. The fraction of sp³-hybridized carbons (Fsp3) is 0.368. The molecule has 0 atom stereocenters. The topological polar surface area (TPSA) is 140 Å². The molecule has 2 aliphatic rings.